The van der Waals surface area contributed by atoms with Crippen molar-refractivity contribution in [2.45, 2.75) is 0 Å². The first-order valence-corrected chi connectivity index (χ1v) is 7.37. The van der Waals surface area contributed by atoms with Crippen molar-refractivity contribution in [1.82, 2.24) is 5.43 Å². The number of carbonyl (C=O) groups is 1. The summed E-state index contributed by atoms with van der Waals surface area (Å²) in [6.45, 7) is 0. The second-order valence-electron chi connectivity index (χ2n) is 3.76. The van der Waals surface area contributed by atoms with Gasteiger partial charge in [0.2, 0.25) is 0 Å². The molecule has 0 aliphatic rings. The first-order chi connectivity index (χ1) is 9.15. The Morgan fingerprint density at radius 3 is 2.63 bits per heavy atom. The highest BCUT2D eigenvalue weighted by Gasteiger charge is 2.02. The summed E-state index contributed by atoms with van der Waals surface area (Å²) in [6, 6.07) is 15.0. The summed E-state index contributed by atoms with van der Waals surface area (Å²) < 4.78 is 2.06. The van der Waals surface area contributed by atoms with Crippen LogP contribution in [0.3, 0.4) is 0 Å². The van der Waals surface area contributed by atoms with Crippen molar-refractivity contribution < 1.29 is 4.79 Å². The topological polar surface area (TPSA) is 41.5 Å². The molecule has 0 atom stereocenters. The van der Waals surface area contributed by atoms with Crippen LogP contribution in [0.1, 0.15) is 15.9 Å². The van der Waals surface area contributed by atoms with E-state index in [0.29, 0.717) is 5.56 Å². The molecule has 19 heavy (non-hydrogen) atoms. The fraction of sp³-hybridized carbons (Fsp3) is 0. The Bertz CT molecular complexity index is 611. The number of halogens is 2. The third kappa shape index (κ3) is 4.43. The maximum Gasteiger partial charge on any atom is 0.271 e. The SMILES string of the molecule is O=C(N/N=C\c1cccc(Br)c1)c1ccc(I)cc1. The van der Waals surface area contributed by atoms with Crippen molar-refractivity contribution in [1.29, 1.82) is 0 Å². The van der Waals surface area contributed by atoms with E-state index in [9.17, 15) is 4.79 Å². The van der Waals surface area contributed by atoms with Gasteiger partial charge in [-0.1, -0.05) is 28.1 Å². The number of rotatable bonds is 3. The minimum absolute atomic E-state index is 0.220. The van der Waals surface area contributed by atoms with E-state index < -0.39 is 0 Å². The van der Waals surface area contributed by atoms with Crippen LogP contribution in [0.2, 0.25) is 0 Å². The number of hydrazone groups is 1. The lowest BCUT2D eigenvalue weighted by Gasteiger charge is -2.00. The van der Waals surface area contributed by atoms with Gasteiger partial charge in [-0.3, -0.25) is 4.79 Å². The Morgan fingerprint density at radius 1 is 1.21 bits per heavy atom. The molecule has 1 amide bonds. The van der Waals surface area contributed by atoms with Gasteiger partial charge in [0.1, 0.15) is 0 Å². The van der Waals surface area contributed by atoms with Gasteiger partial charge in [-0.05, 0) is 64.6 Å². The molecule has 5 heteroatoms. The molecule has 3 nitrogen and oxygen atoms in total. The van der Waals surface area contributed by atoms with Crippen LogP contribution in [0.25, 0.3) is 0 Å². The number of carbonyl (C=O) groups excluding carboxylic acids is 1. The molecule has 96 valence electrons. The largest absolute Gasteiger partial charge is 0.271 e. The van der Waals surface area contributed by atoms with Crippen LogP contribution in [-0.4, -0.2) is 12.1 Å². The zero-order chi connectivity index (χ0) is 13.7. The molecule has 0 bridgehead atoms. The van der Waals surface area contributed by atoms with Crippen LogP contribution in [0, 0.1) is 3.57 Å². The third-order valence-corrected chi connectivity index (χ3v) is 3.55. The first kappa shape index (κ1) is 14.2. The van der Waals surface area contributed by atoms with Crippen LogP contribution in [0.4, 0.5) is 0 Å². The Hall–Kier alpha value is -1.21. The number of nitrogens with zero attached hydrogens (tertiary/aromatic N) is 1. The van der Waals surface area contributed by atoms with Gasteiger partial charge in [-0.2, -0.15) is 5.10 Å². The van der Waals surface area contributed by atoms with E-state index >= 15 is 0 Å². The van der Waals surface area contributed by atoms with Gasteiger partial charge in [0.05, 0.1) is 6.21 Å². The van der Waals surface area contributed by atoms with E-state index in [1.807, 2.05) is 36.4 Å². The van der Waals surface area contributed by atoms with Crippen LogP contribution in [0.5, 0.6) is 0 Å². The number of benzene rings is 2. The predicted octanol–water partition coefficient (Wildman–Crippen LogP) is 3.82. The van der Waals surface area contributed by atoms with Gasteiger partial charge in [0.25, 0.3) is 5.91 Å². The van der Waals surface area contributed by atoms with Crippen molar-refractivity contribution in [2.24, 2.45) is 5.10 Å². The summed E-state index contributed by atoms with van der Waals surface area (Å²) in [5.41, 5.74) is 4.00. The minimum Gasteiger partial charge on any atom is -0.267 e. The Labute approximate surface area is 133 Å². The molecule has 1 N–H and O–H groups in total. The van der Waals surface area contributed by atoms with Crippen LogP contribution < -0.4 is 5.43 Å². The molecule has 0 fully saturated rings. The van der Waals surface area contributed by atoms with Gasteiger partial charge >= 0.3 is 0 Å². The average molecular weight is 429 g/mol. The van der Waals surface area contributed by atoms with E-state index in [1.165, 1.54) is 0 Å². The van der Waals surface area contributed by atoms with Crippen molar-refractivity contribution >= 4 is 50.6 Å². The van der Waals surface area contributed by atoms with Gasteiger partial charge in [0.15, 0.2) is 0 Å². The maximum atomic E-state index is 11.8. The summed E-state index contributed by atoms with van der Waals surface area (Å²) in [5, 5.41) is 3.93. The Morgan fingerprint density at radius 2 is 1.95 bits per heavy atom. The van der Waals surface area contributed by atoms with Crippen LogP contribution in [0.15, 0.2) is 58.1 Å². The quantitative estimate of drug-likeness (QED) is 0.450. The molecule has 0 aliphatic carbocycles. The average Bonchev–Trinajstić information content (AvgIpc) is 2.39. The normalized spacial score (nSPS) is 10.6. The highest BCUT2D eigenvalue weighted by molar-refractivity contribution is 14.1. The van der Waals surface area contributed by atoms with E-state index in [2.05, 4.69) is 49.0 Å². The zero-order valence-electron chi connectivity index (χ0n) is 9.81. The molecular weight excluding hydrogens is 419 g/mol. The Balaban J connectivity index is 1.98. The summed E-state index contributed by atoms with van der Waals surface area (Å²) in [5.74, 6) is -0.220. The van der Waals surface area contributed by atoms with E-state index in [0.717, 1.165) is 13.6 Å². The number of amides is 1. The van der Waals surface area contributed by atoms with Crippen molar-refractivity contribution in [2.75, 3.05) is 0 Å². The molecule has 0 saturated carbocycles. The summed E-state index contributed by atoms with van der Waals surface area (Å²) in [6.07, 6.45) is 1.61. The van der Waals surface area contributed by atoms with E-state index in [-0.39, 0.29) is 5.91 Å². The number of nitrogens with one attached hydrogen (secondary N) is 1. The lowest BCUT2D eigenvalue weighted by atomic mass is 10.2. The van der Waals surface area contributed by atoms with Gasteiger partial charge < -0.3 is 0 Å². The lowest BCUT2D eigenvalue weighted by molar-refractivity contribution is 0.0955. The van der Waals surface area contributed by atoms with Gasteiger partial charge in [-0.15, -0.1) is 0 Å². The fourth-order valence-corrected chi connectivity index (χ4v) is 2.19. The predicted molar refractivity (Wildman–Crippen MR) is 88.4 cm³/mol. The van der Waals surface area contributed by atoms with Gasteiger partial charge in [0, 0.05) is 13.6 Å². The molecule has 2 rings (SSSR count). The molecule has 0 heterocycles. The molecule has 0 aliphatic heterocycles. The van der Waals surface area contributed by atoms with E-state index in [1.54, 1.807) is 18.3 Å². The second kappa shape index (κ2) is 6.81. The minimum atomic E-state index is -0.220. The van der Waals surface area contributed by atoms with Crippen molar-refractivity contribution in [3.63, 3.8) is 0 Å². The molecule has 0 aromatic heterocycles. The summed E-state index contributed by atoms with van der Waals surface area (Å²) in [4.78, 5) is 11.8. The van der Waals surface area contributed by atoms with E-state index in [4.69, 9.17) is 0 Å². The first-order valence-electron chi connectivity index (χ1n) is 5.50. The number of hydrogen-bond acceptors (Lipinski definition) is 2. The highest BCUT2D eigenvalue weighted by atomic mass is 127. The molecule has 0 spiro atoms. The van der Waals surface area contributed by atoms with Crippen LogP contribution >= 0.6 is 38.5 Å². The third-order valence-electron chi connectivity index (χ3n) is 2.33. The standard InChI is InChI=1S/C14H10BrIN2O/c15-12-3-1-2-10(8-12)9-17-18-14(19)11-4-6-13(16)7-5-11/h1-9H,(H,18,19)/b17-9-. The monoisotopic (exact) mass is 428 g/mol. The van der Waals surface area contributed by atoms with Crippen molar-refractivity contribution in [3.8, 4) is 0 Å². The number of hydrogen-bond donors (Lipinski definition) is 1. The fourth-order valence-electron chi connectivity index (χ4n) is 1.42. The second-order valence-corrected chi connectivity index (χ2v) is 5.92. The zero-order valence-corrected chi connectivity index (χ0v) is 13.6. The lowest BCUT2D eigenvalue weighted by Crippen LogP contribution is -2.17. The highest BCUT2D eigenvalue weighted by Crippen LogP contribution is 2.10. The summed E-state index contributed by atoms with van der Waals surface area (Å²) >= 11 is 5.57. The molecule has 2 aromatic rings. The van der Waals surface area contributed by atoms with Gasteiger partial charge in [-0.25, -0.2) is 5.43 Å². The molecular formula is C14H10BrIN2O. The van der Waals surface area contributed by atoms with Crippen LogP contribution in [-0.2, 0) is 0 Å². The van der Waals surface area contributed by atoms with Crippen molar-refractivity contribution in [3.05, 3.63) is 67.7 Å². The molecule has 2 aromatic carbocycles. The summed E-state index contributed by atoms with van der Waals surface area (Å²) in [7, 11) is 0. The maximum absolute atomic E-state index is 11.8. The Kier molecular flexibility index (Phi) is 5.09. The molecule has 0 saturated heterocycles. The molecule has 0 radical (unpaired) electrons. The smallest absolute Gasteiger partial charge is 0.267 e. The molecule has 0 unspecified atom stereocenters.